The van der Waals surface area contributed by atoms with Gasteiger partial charge in [0.05, 0.1) is 17.9 Å². The van der Waals surface area contributed by atoms with Crippen molar-refractivity contribution < 1.29 is 0 Å². The molecule has 24 heavy (non-hydrogen) atoms. The lowest BCUT2D eigenvalue weighted by Crippen LogP contribution is -2.45. The molecule has 0 aliphatic carbocycles. The van der Waals surface area contributed by atoms with Crippen molar-refractivity contribution in [3.63, 3.8) is 0 Å². The highest BCUT2D eigenvalue weighted by Crippen LogP contribution is 2.25. The summed E-state index contributed by atoms with van der Waals surface area (Å²) in [6.45, 7) is 9.43. The Kier molecular flexibility index (Phi) is 4.32. The van der Waals surface area contributed by atoms with E-state index in [1.54, 1.807) is 4.57 Å². The number of hydrogen-bond donors (Lipinski definition) is 2. The van der Waals surface area contributed by atoms with Crippen LogP contribution in [0.2, 0.25) is 0 Å². The zero-order chi connectivity index (χ0) is 17.4. The van der Waals surface area contributed by atoms with Gasteiger partial charge in [0.25, 0.3) is 5.56 Å². The lowest BCUT2D eigenvalue weighted by atomic mass is 10.1. The maximum absolute atomic E-state index is 12.5. The van der Waals surface area contributed by atoms with Crippen molar-refractivity contribution in [2.75, 3.05) is 12.0 Å². The maximum Gasteiger partial charge on any atom is 0.334 e. The molecule has 6 heteroatoms. The van der Waals surface area contributed by atoms with E-state index in [0.29, 0.717) is 30.6 Å². The molecule has 0 amide bonds. The molecule has 2 aromatic rings. The second kappa shape index (κ2) is 6.28. The van der Waals surface area contributed by atoms with E-state index in [2.05, 4.69) is 29.0 Å². The van der Waals surface area contributed by atoms with Crippen LogP contribution in [0.5, 0.6) is 0 Å². The number of aromatic nitrogens is 2. The van der Waals surface area contributed by atoms with E-state index >= 15 is 0 Å². The van der Waals surface area contributed by atoms with Crippen LogP contribution >= 0.6 is 0 Å². The number of benzene rings is 1. The molecule has 2 N–H and O–H groups in total. The van der Waals surface area contributed by atoms with Crippen molar-refractivity contribution >= 4 is 5.82 Å². The highest BCUT2D eigenvalue weighted by atomic mass is 16.2. The van der Waals surface area contributed by atoms with Crippen molar-refractivity contribution in [2.45, 2.75) is 46.7 Å². The third-order valence-corrected chi connectivity index (χ3v) is 5.05. The number of rotatable bonds is 3. The molecule has 0 saturated heterocycles. The molecule has 1 aromatic heterocycles. The SMILES string of the molecule is CC[C@@H](C)N1CNc2c(c(=O)[nH]c(=O)n2-c2cccc(C)c2C)C1. The summed E-state index contributed by atoms with van der Waals surface area (Å²) in [6.07, 6.45) is 1.01. The highest BCUT2D eigenvalue weighted by Gasteiger charge is 2.25. The summed E-state index contributed by atoms with van der Waals surface area (Å²) in [5.41, 5.74) is 2.84. The van der Waals surface area contributed by atoms with Gasteiger partial charge in [-0.25, -0.2) is 9.36 Å². The van der Waals surface area contributed by atoms with Crippen LogP contribution in [0.3, 0.4) is 0 Å². The number of anilines is 1. The third-order valence-electron chi connectivity index (χ3n) is 5.05. The molecule has 0 bridgehead atoms. The van der Waals surface area contributed by atoms with Crippen LogP contribution in [-0.2, 0) is 6.54 Å². The minimum atomic E-state index is -0.406. The van der Waals surface area contributed by atoms with Gasteiger partial charge >= 0.3 is 5.69 Å². The molecule has 0 fully saturated rings. The first kappa shape index (κ1) is 16.5. The fourth-order valence-corrected chi connectivity index (χ4v) is 3.12. The Balaban J connectivity index is 2.19. The monoisotopic (exact) mass is 328 g/mol. The van der Waals surface area contributed by atoms with Crippen molar-refractivity contribution in [3.8, 4) is 5.69 Å². The van der Waals surface area contributed by atoms with Gasteiger partial charge in [-0.3, -0.25) is 14.7 Å². The lowest BCUT2D eigenvalue weighted by molar-refractivity contribution is 0.200. The fourth-order valence-electron chi connectivity index (χ4n) is 3.12. The number of nitrogens with zero attached hydrogens (tertiary/aromatic N) is 2. The molecule has 0 radical (unpaired) electrons. The van der Waals surface area contributed by atoms with Crippen LogP contribution in [0.25, 0.3) is 5.69 Å². The Bertz CT molecular complexity index is 882. The predicted octanol–water partition coefficient (Wildman–Crippen LogP) is 2.13. The summed E-state index contributed by atoms with van der Waals surface area (Å²) in [5.74, 6) is 0.608. The van der Waals surface area contributed by atoms with E-state index in [-0.39, 0.29) is 5.56 Å². The smallest absolute Gasteiger partial charge is 0.334 e. The van der Waals surface area contributed by atoms with E-state index in [1.807, 2.05) is 32.0 Å². The first-order chi connectivity index (χ1) is 11.4. The van der Waals surface area contributed by atoms with E-state index in [4.69, 9.17) is 0 Å². The van der Waals surface area contributed by atoms with E-state index in [1.165, 1.54) is 0 Å². The number of fused-ring (bicyclic) bond motifs is 1. The van der Waals surface area contributed by atoms with Gasteiger partial charge in [0.2, 0.25) is 0 Å². The van der Waals surface area contributed by atoms with Gasteiger partial charge in [0, 0.05) is 12.6 Å². The van der Waals surface area contributed by atoms with Crippen LogP contribution in [0.1, 0.15) is 37.0 Å². The summed E-state index contributed by atoms with van der Waals surface area (Å²) in [4.78, 5) is 29.5. The van der Waals surface area contributed by atoms with Gasteiger partial charge in [0.15, 0.2) is 0 Å². The molecule has 128 valence electrons. The number of hydrogen-bond acceptors (Lipinski definition) is 4. The molecular weight excluding hydrogens is 304 g/mol. The fraction of sp³-hybridized carbons (Fsp3) is 0.444. The molecule has 1 atom stereocenters. The average molecular weight is 328 g/mol. The summed E-state index contributed by atoms with van der Waals surface area (Å²) in [5, 5.41) is 3.29. The van der Waals surface area contributed by atoms with Gasteiger partial charge in [-0.1, -0.05) is 19.1 Å². The van der Waals surface area contributed by atoms with Gasteiger partial charge in [-0.05, 0) is 44.4 Å². The van der Waals surface area contributed by atoms with Crippen LogP contribution in [0, 0.1) is 13.8 Å². The molecule has 1 aromatic carbocycles. The van der Waals surface area contributed by atoms with Gasteiger partial charge in [-0.2, -0.15) is 0 Å². The Morgan fingerprint density at radius 1 is 1.25 bits per heavy atom. The number of H-pyrrole nitrogens is 1. The molecule has 1 aliphatic rings. The molecule has 0 saturated carbocycles. The normalized spacial score (nSPS) is 15.7. The Labute approximate surface area is 141 Å². The largest absolute Gasteiger partial charge is 0.358 e. The number of nitrogens with one attached hydrogen (secondary N) is 2. The van der Waals surface area contributed by atoms with Crippen molar-refractivity contribution in [3.05, 3.63) is 55.7 Å². The van der Waals surface area contributed by atoms with E-state index < -0.39 is 5.69 Å². The molecule has 1 aliphatic heterocycles. The zero-order valence-electron chi connectivity index (χ0n) is 14.6. The van der Waals surface area contributed by atoms with E-state index in [0.717, 1.165) is 23.2 Å². The quantitative estimate of drug-likeness (QED) is 0.905. The summed E-state index contributed by atoms with van der Waals surface area (Å²) in [7, 11) is 0. The average Bonchev–Trinajstić information content (AvgIpc) is 2.57. The highest BCUT2D eigenvalue weighted by molar-refractivity contribution is 5.55. The summed E-state index contributed by atoms with van der Waals surface area (Å²) < 4.78 is 1.59. The predicted molar refractivity (Wildman–Crippen MR) is 95.9 cm³/mol. The molecule has 6 nitrogen and oxygen atoms in total. The summed E-state index contributed by atoms with van der Waals surface area (Å²) >= 11 is 0. The third kappa shape index (κ3) is 2.67. The maximum atomic E-state index is 12.5. The van der Waals surface area contributed by atoms with Crippen molar-refractivity contribution in [2.24, 2.45) is 0 Å². The first-order valence-corrected chi connectivity index (χ1v) is 8.36. The van der Waals surface area contributed by atoms with E-state index in [9.17, 15) is 9.59 Å². The number of aryl methyl sites for hydroxylation is 1. The second-order valence-electron chi connectivity index (χ2n) is 6.48. The van der Waals surface area contributed by atoms with Crippen LogP contribution < -0.4 is 16.6 Å². The van der Waals surface area contributed by atoms with Gasteiger partial charge in [0.1, 0.15) is 5.82 Å². The van der Waals surface area contributed by atoms with Crippen LogP contribution in [-0.4, -0.2) is 27.2 Å². The standard InChI is InChI=1S/C18H24N4O2/c1-5-12(3)21-9-14-16(19-10-21)22(18(24)20-17(14)23)15-8-6-7-11(2)13(15)4/h6-8,12,19H,5,9-10H2,1-4H3,(H,20,23,24)/t12-/m1/s1. The van der Waals surface area contributed by atoms with Crippen LogP contribution in [0.15, 0.2) is 27.8 Å². The minimum Gasteiger partial charge on any atom is -0.358 e. The zero-order valence-corrected chi connectivity index (χ0v) is 14.6. The van der Waals surface area contributed by atoms with Crippen molar-refractivity contribution in [1.29, 1.82) is 0 Å². The Morgan fingerprint density at radius 3 is 2.71 bits per heavy atom. The Morgan fingerprint density at radius 2 is 2.00 bits per heavy atom. The Hall–Kier alpha value is -2.34. The molecule has 2 heterocycles. The first-order valence-electron chi connectivity index (χ1n) is 8.36. The molecular formula is C18H24N4O2. The molecule has 3 rings (SSSR count). The van der Waals surface area contributed by atoms with Crippen LogP contribution in [0.4, 0.5) is 5.82 Å². The molecule has 0 unspecified atom stereocenters. The van der Waals surface area contributed by atoms with Crippen molar-refractivity contribution in [1.82, 2.24) is 14.5 Å². The minimum absolute atomic E-state index is 0.308. The van der Waals surface area contributed by atoms with Gasteiger partial charge in [-0.15, -0.1) is 0 Å². The summed E-state index contributed by atoms with van der Waals surface area (Å²) in [6, 6.07) is 6.22. The molecule has 0 spiro atoms. The second-order valence-corrected chi connectivity index (χ2v) is 6.48. The lowest BCUT2D eigenvalue weighted by Gasteiger charge is -2.34. The topological polar surface area (TPSA) is 70.1 Å². The number of aromatic amines is 1. The van der Waals surface area contributed by atoms with Gasteiger partial charge < -0.3 is 5.32 Å².